The molecule has 2 heterocycles. The number of amides is 1. The Balaban J connectivity index is 1.68. The van der Waals surface area contributed by atoms with Crippen LogP contribution >= 0.6 is 11.6 Å². The molecule has 1 unspecified atom stereocenters. The maximum Gasteiger partial charge on any atom is 0.238 e. The highest BCUT2D eigenvalue weighted by molar-refractivity contribution is 6.27. The maximum atomic E-state index is 14.8. The molecule has 0 N–H and O–H groups in total. The number of halogens is 3. The van der Waals surface area contributed by atoms with Crippen molar-refractivity contribution in [3.63, 3.8) is 0 Å². The van der Waals surface area contributed by atoms with Crippen LogP contribution in [-0.4, -0.2) is 32.3 Å². The number of aromatic nitrogens is 2. The molecule has 0 fully saturated rings. The topological polar surface area (TPSA) is 38.1 Å². The van der Waals surface area contributed by atoms with Crippen molar-refractivity contribution in [1.82, 2.24) is 14.5 Å². The van der Waals surface area contributed by atoms with Gasteiger partial charge < -0.3 is 9.47 Å². The predicted molar refractivity (Wildman–Crippen MR) is 98.7 cm³/mol. The van der Waals surface area contributed by atoms with Crippen molar-refractivity contribution in [3.8, 4) is 0 Å². The van der Waals surface area contributed by atoms with E-state index >= 15 is 0 Å². The van der Waals surface area contributed by atoms with Gasteiger partial charge in [0.15, 0.2) is 11.6 Å². The Morgan fingerprint density at radius 2 is 2.11 bits per heavy atom. The molecule has 0 radical (unpaired) electrons. The quantitative estimate of drug-likeness (QED) is 0.745. The number of hydrogen-bond acceptors (Lipinski definition) is 2. The van der Waals surface area contributed by atoms with Gasteiger partial charge in [0.1, 0.15) is 11.7 Å². The van der Waals surface area contributed by atoms with Crippen LogP contribution in [0.15, 0.2) is 12.4 Å². The molecule has 1 aromatic carbocycles. The molecular weight excluding hydrogens is 372 g/mol. The van der Waals surface area contributed by atoms with Crippen LogP contribution in [0.5, 0.6) is 0 Å². The van der Waals surface area contributed by atoms with Crippen molar-refractivity contribution in [1.29, 1.82) is 0 Å². The SMILES string of the molecule is Cc1c(CN(C(=O)CCl)C2CCn3ccnc3C2)c(F)c(F)c2c1CCC2. The fraction of sp³-hybridized carbons (Fsp3) is 0.500. The van der Waals surface area contributed by atoms with Gasteiger partial charge in [-0.2, -0.15) is 0 Å². The van der Waals surface area contributed by atoms with Gasteiger partial charge in [0, 0.05) is 43.5 Å². The minimum absolute atomic E-state index is 0.0405. The van der Waals surface area contributed by atoms with Crippen LogP contribution in [0.1, 0.15) is 40.9 Å². The Labute approximate surface area is 162 Å². The first-order valence-corrected chi connectivity index (χ1v) is 9.88. The van der Waals surface area contributed by atoms with Gasteiger partial charge in [-0.1, -0.05) is 0 Å². The average molecular weight is 394 g/mol. The Bertz CT molecular complexity index is 896. The van der Waals surface area contributed by atoms with Gasteiger partial charge in [0.2, 0.25) is 5.91 Å². The monoisotopic (exact) mass is 393 g/mol. The Kier molecular flexibility index (Phi) is 4.93. The molecule has 1 atom stereocenters. The number of rotatable bonds is 4. The van der Waals surface area contributed by atoms with Crippen LogP contribution in [0.3, 0.4) is 0 Å². The number of aryl methyl sites for hydroxylation is 1. The highest BCUT2D eigenvalue weighted by Crippen LogP contribution is 2.34. The Morgan fingerprint density at radius 1 is 1.33 bits per heavy atom. The lowest BCUT2D eigenvalue weighted by Crippen LogP contribution is -2.45. The van der Waals surface area contributed by atoms with E-state index < -0.39 is 11.6 Å². The second-order valence-corrected chi connectivity index (χ2v) is 7.65. The van der Waals surface area contributed by atoms with Gasteiger partial charge in [0.05, 0.1) is 0 Å². The third kappa shape index (κ3) is 3.14. The highest BCUT2D eigenvalue weighted by Gasteiger charge is 2.31. The molecule has 0 spiro atoms. The largest absolute Gasteiger partial charge is 0.335 e. The highest BCUT2D eigenvalue weighted by atomic mass is 35.5. The van der Waals surface area contributed by atoms with E-state index in [4.69, 9.17) is 11.6 Å². The van der Waals surface area contributed by atoms with E-state index in [0.29, 0.717) is 18.4 Å². The van der Waals surface area contributed by atoms with Crippen molar-refractivity contribution < 1.29 is 13.6 Å². The summed E-state index contributed by atoms with van der Waals surface area (Å²) < 4.78 is 31.5. The number of benzene rings is 1. The lowest BCUT2D eigenvalue weighted by molar-refractivity contribution is -0.132. The summed E-state index contributed by atoms with van der Waals surface area (Å²) in [5.41, 5.74) is 2.46. The van der Waals surface area contributed by atoms with E-state index in [2.05, 4.69) is 9.55 Å². The zero-order valence-electron chi connectivity index (χ0n) is 15.3. The Morgan fingerprint density at radius 3 is 2.89 bits per heavy atom. The normalized spacial score (nSPS) is 18.3. The van der Waals surface area contributed by atoms with Crippen molar-refractivity contribution in [2.75, 3.05) is 5.88 Å². The smallest absolute Gasteiger partial charge is 0.238 e. The summed E-state index contributed by atoms with van der Waals surface area (Å²) in [7, 11) is 0. The molecule has 1 aromatic heterocycles. The summed E-state index contributed by atoms with van der Waals surface area (Å²) in [5.74, 6) is -1.12. The third-order valence-electron chi connectivity index (χ3n) is 5.97. The molecular formula is C20H22ClF2N3O. The first-order valence-electron chi connectivity index (χ1n) is 9.34. The summed E-state index contributed by atoms with van der Waals surface area (Å²) in [6, 6.07) is -0.124. The van der Waals surface area contributed by atoms with Gasteiger partial charge >= 0.3 is 0 Å². The third-order valence-corrected chi connectivity index (χ3v) is 6.20. The molecule has 1 amide bonds. The summed E-state index contributed by atoms with van der Waals surface area (Å²) >= 11 is 5.84. The summed E-state index contributed by atoms with van der Waals surface area (Å²) in [4.78, 5) is 18.5. The number of carbonyl (C=O) groups is 1. The van der Waals surface area contributed by atoms with Crippen LogP contribution in [-0.2, 0) is 37.1 Å². The molecule has 1 aliphatic carbocycles. The number of hydrogen-bond donors (Lipinski definition) is 0. The zero-order valence-corrected chi connectivity index (χ0v) is 16.0. The molecule has 144 valence electrons. The van der Waals surface area contributed by atoms with Gasteiger partial charge in [-0.05, 0) is 49.3 Å². The van der Waals surface area contributed by atoms with Gasteiger partial charge in [-0.25, -0.2) is 13.8 Å². The zero-order chi connectivity index (χ0) is 19.1. The molecule has 0 saturated heterocycles. The number of imidazole rings is 1. The van der Waals surface area contributed by atoms with E-state index in [-0.39, 0.29) is 29.9 Å². The van der Waals surface area contributed by atoms with Crippen molar-refractivity contribution in [2.24, 2.45) is 0 Å². The number of carbonyl (C=O) groups excluding carboxylic acids is 1. The molecule has 2 aromatic rings. The molecule has 1 aliphatic heterocycles. The van der Waals surface area contributed by atoms with E-state index in [0.717, 1.165) is 42.8 Å². The molecule has 4 rings (SSSR count). The minimum atomic E-state index is -0.821. The fourth-order valence-electron chi connectivity index (χ4n) is 4.47. The van der Waals surface area contributed by atoms with Gasteiger partial charge in [-0.3, -0.25) is 4.79 Å². The second kappa shape index (κ2) is 7.23. The molecule has 27 heavy (non-hydrogen) atoms. The van der Waals surface area contributed by atoms with Crippen molar-refractivity contribution in [3.05, 3.63) is 52.1 Å². The van der Waals surface area contributed by atoms with Crippen LogP contribution in [0.25, 0.3) is 0 Å². The fourth-order valence-corrected chi connectivity index (χ4v) is 4.62. The summed E-state index contributed by atoms with van der Waals surface area (Å²) in [5, 5.41) is 0. The molecule has 0 saturated carbocycles. The number of fused-ring (bicyclic) bond motifs is 2. The van der Waals surface area contributed by atoms with Crippen LogP contribution in [0.4, 0.5) is 8.78 Å². The van der Waals surface area contributed by atoms with Gasteiger partial charge in [0.25, 0.3) is 0 Å². The van der Waals surface area contributed by atoms with Crippen LogP contribution in [0.2, 0.25) is 0 Å². The number of alkyl halides is 1. The average Bonchev–Trinajstić information content (AvgIpc) is 3.34. The predicted octanol–water partition coefficient (Wildman–Crippen LogP) is 3.54. The molecule has 7 heteroatoms. The van der Waals surface area contributed by atoms with E-state index in [1.54, 1.807) is 11.1 Å². The van der Waals surface area contributed by atoms with E-state index in [9.17, 15) is 13.6 Å². The van der Waals surface area contributed by atoms with Crippen LogP contribution < -0.4 is 0 Å². The van der Waals surface area contributed by atoms with E-state index in [1.165, 1.54) is 0 Å². The van der Waals surface area contributed by atoms with Crippen molar-refractivity contribution >= 4 is 17.5 Å². The van der Waals surface area contributed by atoms with Gasteiger partial charge in [-0.15, -0.1) is 11.6 Å². The Hall–Kier alpha value is -1.95. The second-order valence-electron chi connectivity index (χ2n) is 7.38. The molecule has 2 aliphatic rings. The minimum Gasteiger partial charge on any atom is -0.335 e. The van der Waals surface area contributed by atoms with E-state index in [1.807, 2.05) is 13.1 Å². The lowest BCUT2D eigenvalue weighted by atomic mass is 9.95. The van der Waals surface area contributed by atoms with Crippen LogP contribution in [0, 0.1) is 18.6 Å². The molecule has 0 bridgehead atoms. The summed E-state index contributed by atoms with van der Waals surface area (Å²) in [6.07, 6.45) is 7.16. The first-order chi connectivity index (χ1) is 13.0. The van der Waals surface area contributed by atoms with Crippen molar-refractivity contribution in [2.45, 2.75) is 58.2 Å². The molecule has 4 nitrogen and oxygen atoms in total. The number of nitrogens with zero attached hydrogens (tertiary/aromatic N) is 3. The lowest BCUT2D eigenvalue weighted by Gasteiger charge is -2.35. The summed E-state index contributed by atoms with van der Waals surface area (Å²) in [6.45, 7) is 2.61. The maximum absolute atomic E-state index is 14.8. The first kappa shape index (κ1) is 18.4. The standard InChI is InChI=1S/C20H22ClF2N3O/c1-12-14-3-2-4-15(14)19(22)20(23)16(12)11-26(18(27)10-21)13-5-7-25-8-6-24-17(25)9-13/h6,8,13H,2-5,7,9-11H2,1H3.